The number of allylic oxidation sites excluding steroid dienone is 1. The minimum absolute atomic E-state index is 0.418. The summed E-state index contributed by atoms with van der Waals surface area (Å²) in [6.45, 7) is 4.41. The van der Waals surface area contributed by atoms with Crippen molar-refractivity contribution in [1.29, 1.82) is 0 Å². The monoisotopic (exact) mass is 182 g/mol. The molecule has 0 rings (SSSR count). The highest BCUT2D eigenvalue weighted by Gasteiger charge is 1.92. The van der Waals surface area contributed by atoms with Crippen molar-refractivity contribution in [2.45, 2.75) is 20.3 Å². The minimum Gasteiger partial charge on any atom is -0.466 e. The second-order valence-corrected chi connectivity index (χ2v) is 2.40. The molecule has 0 aromatic heterocycles. The maximum Gasteiger partial charge on any atom is 0.332 e. The SMILES string of the molecule is CCCN=C=NC(C)=CC(=O)OC. The maximum atomic E-state index is 10.7. The molecule has 0 saturated heterocycles. The van der Waals surface area contributed by atoms with Gasteiger partial charge < -0.3 is 4.74 Å². The minimum atomic E-state index is -0.418. The Balaban J connectivity index is 4.12. The van der Waals surface area contributed by atoms with E-state index in [1.54, 1.807) is 6.92 Å². The predicted molar refractivity (Wildman–Crippen MR) is 50.8 cm³/mol. The molecule has 0 aliphatic rings. The van der Waals surface area contributed by atoms with Crippen LogP contribution in [0.2, 0.25) is 0 Å². The van der Waals surface area contributed by atoms with Gasteiger partial charge in [-0.25, -0.2) is 9.79 Å². The number of rotatable bonds is 4. The second kappa shape index (κ2) is 7.25. The van der Waals surface area contributed by atoms with E-state index >= 15 is 0 Å². The van der Waals surface area contributed by atoms with Crippen LogP contribution in [-0.2, 0) is 9.53 Å². The first-order valence-electron chi connectivity index (χ1n) is 4.09. The van der Waals surface area contributed by atoms with Crippen molar-refractivity contribution in [3.8, 4) is 0 Å². The van der Waals surface area contributed by atoms with Crippen LogP contribution in [0.15, 0.2) is 21.8 Å². The van der Waals surface area contributed by atoms with Crippen LogP contribution < -0.4 is 0 Å². The maximum absolute atomic E-state index is 10.7. The molecule has 0 fully saturated rings. The zero-order valence-corrected chi connectivity index (χ0v) is 8.20. The van der Waals surface area contributed by atoms with Crippen LogP contribution in [0.1, 0.15) is 20.3 Å². The average Bonchev–Trinajstić information content (AvgIpc) is 2.12. The standard InChI is InChI=1S/C9H14N2O2/c1-4-5-10-7-11-8(2)6-9(12)13-3/h6H,4-5H2,1-3H3. The highest BCUT2D eigenvalue weighted by molar-refractivity contribution is 5.82. The Hall–Kier alpha value is -1.41. The first-order chi connectivity index (χ1) is 6.20. The summed E-state index contributed by atoms with van der Waals surface area (Å²) in [6.07, 6.45) is 2.25. The second-order valence-electron chi connectivity index (χ2n) is 2.40. The Morgan fingerprint density at radius 3 is 2.85 bits per heavy atom. The first-order valence-corrected chi connectivity index (χ1v) is 4.09. The molecule has 0 heterocycles. The molecule has 0 spiro atoms. The van der Waals surface area contributed by atoms with E-state index < -0.39 is 5.97 Å². The molecule has 72 valence electrons. The largest absolute Gasteiger partial charge is 0.466 e. The van der Waals surface area contributed by atoms with Gasteiger partial charge in [0.25, 0.3) is 0 Å². The Labute approximate surface area is 78.0 Å². The quantitative estimate of drug-likeness (QED) is 0.377. The van der Waals surface area contributed by atoms with E-state index in [9.17, 15) is 4.79 Å². The molecule has 0 aliphatic carbocycles. The van der Waals surface area contributed by atoms with E-state index in [4.69, 9.17) is 0 Å². The van der Waals surface area contributed by atoms with Gasteiger partial charge in [0.15, 0.2) is 0 Å². The van der Waals surface area contributed by atoms with Gasteiger partial charge in [0.2, 0.25) is 0 Å². The summed E-state index contributed by atoms with van der Waals surface area (Å²) in [5.41, 5.74) is 0.534. The third-order valence-electron chi connectivity index (χ3n) is 1.16. The number of nitrogens with zero attached hydrogens (tertiary/aromatic N) is 2. The van der Waals surface area contributed by atoms with E-state index in [1.165, 1.54) is 13.2 Å². The molecule has 0 radical (unpaired) electrons. The van der Waals surface area contributed by atoms with E-state index in [0.717, 1.165) is 6.42 Å². The van der Waals surface area contributed by atoms with Crippen LogP contribution in [0.5, 0.6) is 0 Å². The molecular formula is C9H14N2O2. The van der Waals surface area contributed by atoms with Gasteiger partial charge in [-0.2, -0.15) is 4.99 Å². The Morgan fingerprint density at radius 2 is 2.31 bits per heavy atom. The Morgan fingerprint density at radius 1 is 1.62 bits per heavy atom. The summed E-state index contributed by atoms with van der Waals surface area (Å²) >= 11 is 0. The molecule has 0 amide bonds. The highest BCUT2D eigenvalue weighted by atomic mass is 16.5. The predicted octanol–water partition coefficient (Wildman–Crippen LogP) is 1.65. The van der Waals surface area contributed by atoms with Crippen molar-refractivity contribution < 1.29 is 9.53 Å². The number of hydrogen-bond donors (Lipinski definition) is 0. The first kappa shape index (κ1) is 11.6. The molecular weight excluding hydrogens is 168 g/mol. The van der Waals surface area contributed by atoms with E-state index in [-0.39, 0.29) is 0 Å². The molecule has 0 aromatic carbocycles. The summed E-state index contributed by atoms with van der Waals surface area (Å²) in [5.74, 6) is -0.418. The number of hydrogen-bond acceptors (Lipinski definition) is 4. The third kappa shape index (κ3) is 6.97. The van der Waals surface area contributed by atoms with Gasteiger partial charge in [0.1, 0.15) is 0 Å². The lowest BCUT2D eigenvalue weighted by Crippen LogP contribution is -1.94. The molecule has 0 aliphatic heterocycles. The number of ether oxygens (including phenoxy) is 1. The molecule has 0 aromatic rings. The van der Waals surface area contributed by atoms with E-state index in [0.29, 0.717) is 12.2 Å². The highest BCUT2D eigenvalue weighted by Crippen LogP contribution is 1.92. The van der Waals surface area contributed by atoms with Crippen molar-refractivity contribution in [2.75, 3.05) is 13.7 Å². The number of esters is 1. The van der Waals surface area contributed by atoms with Crippen molar-refractivity contribution in [1.82, 2.24) is 0 Å². The van der Waals surface area contributed by atoms with Crippen LogP contribution in [0.3, 0.4) is 0 Å². The van der Waals surface area contributed by atoms with Gasteiger partial charge in [0, 0.05) is 12.6 Å². The van der Waals surface area contributed by atoms with Gasteiger partial charge in [-0.15, -0.1) is 0 Å². The van der Waals surface area contributed by atoms with Crippen LogP contribution in [-0.4, -0.2) is 25.6 Å². The lowest BCUT2D eigenvalue weighted by molar-refractivity contribution is -0.134. The van der Waals surface area contributed by atoms with Gasteiger partial charge in [-0.3, -0.25) is 0 Å². The summed E-state index contributed by atoms with van der Waals surface area (Å²) < 4.78 is 4.41. The molecule has 0 atom stereocenters. The van der Waals surface area contributed by atoms with Gasteiger partial charge in [0.05, 0.1) is 18.8 Å². The molecule has 0 N–H and O–H groups in total. The lowest BCUT2D eigenvalue weighted by Gasteiger charge is -1.89. The van der Waals surface area contributed by atoms with Gasteiger partial charge in [-0.1, -0.05) is 6.92 Å². The van der Waals surface area contributed by atoms with E-state index in [1.807, 2.05) is 6.92 Å². The fourth-order valence-corrected chi connectivity index (χ4v) is 0.538. The summed E-state index contributed by atoms with van der Waals surface area (Å²) in [4.78, 5) is 18.3. The van der Waals surface area contributed by atoms with Gasteiger partial charge in [-0.05, 0) is 13.3 Å². The van der Waals surface area contributed by atoms with Crippen molar-refractivity contribution in [3.05, 3.63) is 11.8 Å². The molecule has 13 heavy (non-hydrogen) atoms. The topological polar surface area (TPSA) is 51.0 Å². The summed E-state index contributed by atoms with van der Waals surface area (Å²) in [7, 11) is 1.32. The van der Waals surface area contributed by atoms with Crippen LogP contribution in [0, 0.1) is 0 Å². The number of aliphatic imine (C=N–C) groups is 2. The number of carbonyl (C=O) groups excluding carboxylic acids is 1. The van der Waals surface area contributed by atoms with Crippen LogP contribution in [0.25, 0.3) is 0 Å². The smallest absolute Gasteiger partial charge is 0.332 e. The number of carbonyl (C=O) groups is 1. The van der Waals surface area contributed by atoms with Gasteiger partial charge >= 0.3 is 5.97 Å². The zero-order valence-electron chi connectivity index (χ0n) is 8.20. The normalized spacial score (nSPS) is 10.2. The number of methoxy groups -OCH3 is 1. The molecule has 4 heteroatoms. The lowest BCUT2D eigenvalue weighted by atomic mass is 10.4. The third-order valence-corrected chi connectivity index (χ3v) is 1.16. The Bertz CT molecular complexity index is 250. The molecule has 0 saturated carbocycles. The fourth-order valence-electron chi connectivity index (χ4n) is 0.538. The van der Waals surface area contributed by atoms with Crippen LogP contribution in [0.4, 0.5) is 0 Å². The molecule has 4 nitrogen and oxygen atoms in total. The van der Waals surface area contributed by atoms with Crippen molar-refractivity contribution in [2.24, 2.45) is 9.98 Å². The van der Waals surface area contributed by atoms with Crippen LogP contribution >= 0.6 is 0 Å². The molecule has 0 unspecified atom stereocenters. The van der Waals surface area contributed by atoms with Crippen molar-refractivity contribution >= 4 is 12.0 Å². The summed E-state index contributed by atoms with van der Waals surface area (Å²) in [6, 6.07) is 2.49. The molecule has 0 bridgehead atoms. The Kier molecular flexibility index (Phi) is 6.46. The average molecular weight is 182 g/mol. The fraction of sp³-hybridized carbons (Fsp3) is 0.556. The zero-order chi connectivity index (χ0) is 10.1. The van der Waals surface area contributed by atoms with Crippen molar-refractivity contribution in [3.63, 3.8) is 0 Å². The van der Waals surface area contributed by atoms with E-state index in [2.05, 4.69) is 20.7 Å². The summed E-state index contributed by atoms with van der Waals surface area (Å²) in [5, 5.41) is 0.